The molecule has 0 radical (unpaired) electrons. The molecule has 0 atom stereocenters. The monoisotopic (exact) mass is 440 g/mol. The second kappa shape index (κ2) is 11.0. The van der Waals surface area contributed by atoms with Crippen LogP contribution in [0, 0.1) is 11.3 Å². The number of hydrogen-bond donors (Lipinski definition) is 2. The average molecular weight is 440 g/mol. The second-order valence-corrected chi connectivity index (χ2v) is 6.90. The van der Waals surface area contributed by atoms with Crippen molar-refractivity contribution < 1.29 is 19.1 Å². The van der Waals surface area contributed by atoms with Gasteiger partial charge in [0.05, 0.1) is 23.8 Å². The first kappa shape index (κ1) is 22.9. The van der Waals surface area contributed by atoms with Crippen molar-refractivity contribution in [2.45, 2.75) is 13.3 Å². The number of carbonyl (C=O) groups excluding carboxylic acids is 3. The topological polar surface area (TPSA) is 121 Å². The third-order valence-electron chi connectivity index (χ3n) is 4.52. The Kier molecular flexibility index (Phi) is 7.65. The molecule has 0 aliphatic heterocycles. The lowest BCUT2D eigenvalue weighted by molar-refractivity contribution is -0.136. The molecule has 33 heavy (non-hydrogen) atoms. The van der Waals surface area contributed by atoms with Crippen LogP contribution in [0.2, 0.25) is 0 Å². The summed E-state index contributed by atoms with van der Waals surface area (Å²) < 4.78 is 5.32. The first-order valence-electron chi connectivity index (χ1n) is 9.95. The van der Waals surface area contributed by atoms with E-state index in [1.165, 1.54) is 0 Å². The highest BCUT2D eigenvalue weighted by molar-refractivity contribution is 6.39. The Morgan fingerprint density at radius 2 is 1.55 bits per heavy atom. The third kappa shape index (κ3) is 6.60. The van der Waals surface area contributed by atoms with E-state index in [0.717, 1.165) is 5.56 Å². The molecule has 164 valence electrons. The molecule has 2 amide bonds. The van der Waals surface area contributed by atoms with Crippen molar-refractivity contribution in [3.63, 3.8) is 0 Å². The summed E-state index contributed by atoms with van der Waals surface area (Å²) in [6.07, 6.45) is 0.263. The quantitative estimate of drug-likeness (QED) is 0.200. The number of hydrogen-bond acceptors (Lipinski definition) is 6. The van der Waals surface area contributed by atoms with Crippen LogP contribution in [0.5, 0.6) is 5.75 Å². The van der Waals surface area contributed by atoms with Gasteiger partial charge in [0.25, 0.3) is 0 Å². The number of benzene rings is 3. The van der Waals surface area contributed by atoms with Crippen LogP contribution in [0.25, 0.3) is 0 Å². The highest BCUT2D eigenvalue weighted by atomic mass is 16.5. The molecule has 0 saturated carbocycles. The zero-order valence-corrected chi connectivity index (χ0v) is 17.7. The molecule has 3 aromatic rings. The molecule has 0 aliphatic carbocycles. The maximum Gasteiger partial charge on any atom is 0.343 e. The molecular weight excluding hydrogens is 420 g/mol. The number of anilines is 1. The predicted octanol–water partition coefficient (Wildman–Crippen LogP) is 3.45. The first-order valence-corrected chi connectivity index (χ1v) is 9.95. The summed E-state index contributed by atoms with van der Waals surface area (Å²) in [4.78, 5) is 36.2. The molecule has 0 fully saturated rings. The van der Waals surface area contributed by atoms with Crippen LogP contribution in [0.4, 0.5) is 5.69 Å². The molecule has 2 N–H and O–H groups in total. The van der Waals surface area contributed by atoms with E-state index in [1.807, 2.05) is 12.1 Å². The number of nitrogens with one attached hydrogen (secondary N) is 2. The number of ether oxygens (including phenoxy) is 1. The smallest absolute Gasteiger partial charge is 0.343 e. The van der Waals surface area contributed by atoms with Gasteiger partial charge in [-0.25, -0.2) is 10.2 Å². The van der Waals surface area contributed by atoms with Gasteiger partial charge in [0.15, 0.2) is 0 Å². The standard InChI is InChI=1S/C25H20N4O4/c1-17(19-9-13-22(14-10-19)33-25(32)20-5-3-2-4-6-20)28-29-24(31)23(30)27-21-11-7-18(8-12-21)15-16-26/h2-14H,15H2,1H3,(H,27,30)(H,29,31)/b28-17+. The molecular formula is C25H20N4O4. The molecule has 0 saturated heterocycles. The summed E-state index contributed by atoms with van der Waals surface area (Å²) in [5.74, 6) is -1.90. The lowest BCUT2D eigenvalue weighted by atomic mass is 10.1. The van der Waals surface area contributed by atoms with Gasteiger partial charge in [-0.2, -0.15) is 10.4 Å². The Labute approximate surface area is 190 Å². The van der Waals surface area contributed by atoms with E-state index < -0.39 is 17.8 Å². The summed E-state index contributed by atoms with van der Waals surface area (Å²) in [7, 11) is 0. The summed E-state index contributed by atoms with van der Waals surface area (Å²) >= 11 is 0. The molecule has 3 aromatic carbocycles. The Balaban J connectivity index is 1.54. The number of nitrogens with zero attached hydrogens (tertiary/aromatic N) is 2. The maximum absolute atomic E-state index is 12.1. The maximum atomic E-state index is 12.1. The van der Waals surface area contributed by atoms with Crippen LogP contribution >= 0.6 is 0 Å². The van der Waals surface area contributed by atoms with Gasteiger partial charge in [0, 0.05) is 5.69 Å². The zero-order chi connectivity index (χ0) is 23.6. The summed E-state index contributed by atoms with van der Waals surface area (Å²) in [6, 6.07) is 23.9. The number of carbonyl (C=O) groups is 3. The van der Waals surface area contributed by atoms with E-state index in [9.17, 15) is 14.4 Å². The number of esters is 1. The first-order chi connectivity index (χ1) is 16.0. The highest BCUT2D eigenvalue weighted by Crippen LogP contribution is 2.15. The fourth-order valence-electron chi connectivity index (χ4n) is 2.74. The number of nitriles is 1. The second-order valence-electron chi connectivity index (χ2n) is 6.90. The van der Waals surface area contributed by atoms with Crippen molar-refractivity contribution in [3.8, 4) is 11.8 Å². The zero-order valence-electron chi connectivity index (χ0n) is 17.7. The van der Waals surface area contributed by atoms with Gasteiger partial charge in [-0.15, -0.1) is 0 Å². The molecule has 0 spiro atoms. The van der Waals surface area contributed by atoms with Gasteiger partial charge in [0.1, 0.15) is 5.75 Å². The lowest BCUT2D eigenvalue weighted by Crippen LogP contribution is -2.32. The Morgan fingerprint density at radius 1 is 0.879 bits per heavy atom. The van der Waals surface area contributed by atoms with Gasteiger partial charge >= 0.3 is 17.8 Å². The van der Waals surface area contributed by atoms with Gasteiger partial charge in [-0.05, 0) is 66.6 Å². The van der Waals surface area contributed by atoms with Crippen molar-refractivity contribution in [1.82, 2.24) is 5.43 Å². The van der Waals surface area contributed by atoms with E-state index in [-0.39, 0.29) is 6.42 Å². The minimum Gasteiger partial charge on any atom is -0.423 e. The van der Waals surface area contributed by atoms with Crippen molar-refractivity contribution in [2.75, 3.05) is 5.32 Å². The van der Waals surface area contributed by atoms with Crippen LogP contribution in [0.1, 0.15) is 28.4 Å². The molecule has 0 bridgehead atoms. The number of rotatable bonds is 6. The third-order valence-corrected chi connectivity index (χ3v) is 4.52. The predicted molar refractivity (Wildman–Crippen MR) is 123 cm³/mol. The molecule has 0 aromatic heterocycles. The molecule has 0 aliphatic rings. The summed E-state index contributed by atoms with van der Waals surface area (Å²) in [5, 5.41) is 15.1. The largest absolute Gasteiger partial charge is 0.423 e. The Morgan fingerprint density at radius 3 is 2.18 bits per heavy atom. The van der Waals surface area contributed by atoms with Crippen LogP contribution in [0.3, 0.4) is 0 Å². The van der Waals surface area contributed by atoms with Gasteiger partial charge in [-0.3, -0.25) is 9.59 Å². The van der Waals surface area contributed by atoms with Crippen molar-refractivity contribution in [2.24, 2.45) is 5.10 Å². The Bertz CT molecular complexity index is 1210. The average Bonchev–Trinajstić information content (AvgIpc) is 2.84. The lowest BCUT2D eigenvalue weighted by Gasteiger charge is -2.07. The molecule has 3 rings (SSSR count). The van der Waals surface area contributed by atoms with E-state index >= 15 is 0 Å². The molecule has 0 unspecified atom stereocenters. The van der Waals surface area contributed by atoms with E-state index in [4.69, 9.17) is 10.00 Å². The van der Waals surface area contributed by atoms with E-state index in [1.54, 1.807) is 79.7 Å². The van der Waals surface area contributed by atoms with Crippen LogP contribution in [0.15, 0.2) is 84.0 Å². The summed E-state index contributed by atoms with van der Waals surface area (Å²) in [6.45, 7) is 1.66. The van der Waals surface area contributed by atoms with Gasteiger partial charge in [0.2, 0.25) is 0 Å². The van der Waals surface area contributed by atoms with Crippen molar-refractivity contribution in [1.29, 1.82) is 5.26 Å². The molecule has 0 heterocycles. The van der Waals surface area contributed by atoms with Crippen LogP contribution < -0.4 is 15.5 Å². The molecule has 8 nitrogen and oxygen atoms in total. The SMILES string of the molecule is C/C(=N\NC(=O)C(=O)Nc1ccc(CC#N)cc1)c1ccc(OC(=O)c2ccccc2)cc1. The van der Waals surface area contributed by atoms with E-state index in [0.29, 0.717) is 28.3 Å². The van der Waals surface area contributed by atoms with Crippen molar-refractivity contribution >= 4 is 29.2 Å². The van der Waals surface area contributed by atoms with Crippen LogP contribution in [-0.2, 0) is 16.0 Å². The normalized spacial score (nSPS) is 10.6. The van der Waals surface area contributed by atoms with E-state index in [2.05, 4.69) is 15.8 Å². The summed E-state index contributed by atoms with van der Waals surface area (Å²) in [5.41, 5.74) is 5.01. The van der Waals surface area contributed by atoms with Crippen LogP contribution in [-0.4, -0.2) is 23.5 Å². The highest BCUT2D eigenvalue weighted by Gasteiger charge is 2.13. The minimum atomic E-state index is -0.927. The van der Waals surface area contributed by atoms with Gasteiger partial charge < -0.3 is 10.1 Å². The minimum absolute atomic E-state index is 0.263. The number of hydrazone groups is 1. The van der Waals surface area contributed by atoms with Crippen molar-refractivity contribution in [3.05, 3.63) is 95.6 Å². The molecule has 8 heteroatoms. The fraction of sp³-hybridized carbons (Fsp3) is 0.0800. The Hall–Kier alpha value is -4.77. The number of amides is 2. The van der Waals surface area contributed by atoms with Gasteiger partial charge in [-0.1, -0.05) is 30.3 Å². The fourth-order valence-corrected chi connectivity index (χ4v) is 2.74.